The molecule has 2 N–H and O–H groups in total. The molecule has 0 saturated heterocycles. The van der Waals surface area contributed by atoms with Crippen LogP contribution >= 0.6 is 0 Å². The number of nitrogens with one attached hydrogen (secondary N) is 2. The Morgan fingerprint density at radius 1 is 1.24 bits per heavy atom. The molecule has 0 bridgehead atoms. The largest absolute Gasteiger partial charge is 0.384 e. The van der Waals surface area contributed by atoms with Crippen LogP contribution in [0.25, 0.3) is 0 Å². The fourth-order valence-corrected chi connectivity index (χ4v) is 2.47. The van der Waals surface area contributed by atoms with Gasteiger partial charge in [-0.15, -0.1) is 0 Å². The lowest BCUT2D eigenvalue weighted by molar-refractivity contribution is 0.161. The predicted octanol–water partition coefficient (Wildman–Crippen LogP) is 0.576. The lowest BCUT2D eigenvalue weighted by Crippen LogP contribution is -2.41. The van der Waals surface area contributed by atoms with Gasteiger partial charge in [-0.1, -0.05) is 13.8 Å². The van der Waals surface area contributed by atoms with Crippen LogP contribution in [0.5, 0.6) is 0 Å². The molecule has 0 radical (unpaired) electrons. The molecule has 5 nitrogen and oxygen atoms in total. The van der Waals surface area contributed by atoms with Crippen LogP contribution in [0.3, 0.4) is 0 Å². The highest BCUT2D eigenvalue weighted by atomic mass is 32.2. The molecule has 0 amide bonds. The molecule has 0 fully saturated rings. The van der Waals surface area contributed by atoms with E-state index in [1.54, 1.807) is 14.0 Å². The van der Waals surface area contributed by atoms with Crippen molar-refractivity contribution in [2.75, 3.05) is 33.4 Å². The van der Waals surface area contributed by atoms with Gasteiger partial charge in [0.15, 0.2) is 0 Å². The fourth-order valence-electron chi connectivity index (χ4n) is 1.34. The summed E-state index contributed by atoms with van der Waals surface area (Å²) in [5, 5.41) is 2.70. The van der Waals surface area contributed by atoms with Crippen molar-refractivity contribution in [3.05, 3.63) is 0 Å². The average molecular weight is 266 g/mol. The van der Waals surface area contributed by atoms with Crippen LogP contribution in [0.1, 0.15) is 27.2 Å². The van der Waals surface area contributed by atoms with E-state index in [9.17, 15) is 8.42 Å². The Hall–Kier alpha value is -0.170. The summed E-state index contributed by atoms with van der Waals surface area (Å²) in [6.45, 7) is 8.04. The van der Waals surface area contributed by atoms with Crippen molar-refractivity contribution < 1.29 is 13.2 Å². The molecule has 2 atom stereocenters. The topological polar surface area (TPSA) is 67.4 Å². The summed E-state index contributed by atoms with van der Waals surface area (Å²) in [5.74, 6) is 0.186. The Kier molecular flexibility index (Phi) is 8.77. The SMILES string of the molecule is CCCNCC(C)S(=O)(=O)NCC(C)COC. The first-order chi connectivity index (χ1) is 7.94. The van der Waals surface area contributed by atoms with Crippen LogP contribution in [0.15, 0.2) is 0 Å². The van der Waals surface area contributed by atoms with Crippen molar-refractivity contribution in [2.24, 2.45) is 5.92 Å². The first-order valence-electron chi connectivity index (χ1n) is 6.12. The number of rotatable bonds is 10. The van der Waals surface area contributed by atoms with Crippen LogP contribution in [-0.2, 0) is 14.8 Å². The number of methoxy groups -OCH3 is 1. The van der Waals surface area contributed by atoms with Crippen molar-refractivity contribution in [1.29, 1.82) is 0 Å². The fraction of sp³-hybridized carbons (Fsp3) is 1.00. The van der Waals surface area contributed by atoms with Gasteiger partial charge in [0.05, 0.1) is 5.25 Å². The summed E-state index contributed by atoms with van der Waals surface area (Å²) in [6, 6.07) is 0. The Balaban J connectivity index is 4.00. The second-order valence-corrected chi connectivity index (χ2v) is 6.65. The molecule has 0 rings (SSSR count). The first-order valence-corrected chi connectivity index (χ1v) is 7.66. The Bertz CT molecular complexity index is 280. The highest BCUT2D eigenvalue weighted by Gasteiger charge is 2.20. The van der Waals surface area contributed by atoms with Gasteiger partial charge in [0, 0.05) is 26.8 Å². The van der Waals surface area contributed by atoms with E-state index in [2.05, 4.69) is 17.0 Å². The van der Waals surface area contributed by atoms with Crippen molar-refractivity contribution in [3.63, 3.8) is 0 Å². The minimum absolute atomic E-state index is 0.186. The molecule has 0 aliphatic heterocycles. The zero-order valence-electron chi connectivity index (χ0n) is 11.3. The average Bonchev–Trinajstić information content (AvgIpc) is 2.27. The third kappa shape index (κ3) is 7.70. The summed E-state index contributed by atoms with van der Waals surface area (Å²) >= 11 is 0. The number of hydrogen-bond acceptors (Lipinski definition) is 4. The van der Waals surface area contributed by atoms with Crippen LogP contribution in [-0.4, -0.2) is 47.0 Å². The third-order valence-electron chi connectivity index (χ3n) is 2.47. The molecular weight excluding hydrogens is 240 g/mol. The quantitative estimate of drug-likeness (QED) is 0.568. The third-order valence-corrected chi connectivity index (χ3v) is 4.27. The van der Waals surface area contributed by atoms with Crippen LogP contribution in [0.2, 0.25) is 0 Å². The molecule has 2 unspecified atom stereocenters. The number of hydrogen-bond donors (Lipinski definition) is 2. The Labute approximate surface area is 105 Å². The maximum absolute atomic E-state index is 11.8. The molecule has 104 valence electrons. The zero-order chi connectivity index (χ0) is 13.3. The summed E-state index contributed by atoms with van der Waals surface area (Å²) in [6.07, 6.45) is 1.01. The van der Waals surface area contributed by atoms with Gasteiger partial charge in [-0.2, -0.15) is 0 Å². The van der Waals surface area contributed by atoms with E-state index in [0.717, 1.165) is 13.0 Å². The van der Waals surface area contributed by atoms with Crippen molar-refractivity contribution >= 4 is 10.0 Å². The highest BCUT2D eigenvalue weighted by molar-refractivity contribution is 7.90. The van der Waals surface area contributed by atoms with E-state index in [4.69, 9.17) is 4.74 Å². The van der Waals surface area contributed by atoms with Gasteiger partial charge in [-0.3, -0.25) is 0 Å². The lowest BCUT2D eigenvalue weighted by Gasteiger charge is -2.16. The van der Waals surface area contributed by atoms with E-state index in [1.807, 2.05) is 6.92 Å². The van der Waals surface area contributed by atoms with Gasteiger partial charge in [-0.25, -0.2) is 13.1 Å². The molecular formula is C11H26N2O3S. The standard InChI is InChI=1S/C11H26N2O3S/c1-5-6-12-8-11(3)17(14,15)13-7-10(2)9-16-4/h10-13H,5-9H2,1-4H3. The summed E-state index contributed by atoms with van der Waals surface area (Å²) in [7, 11) is -1.61. The summed E-state index contributed by atoms with van der Waals surface area (Å²) < 4.78 is 31.3. The molecule has 0 heterocycles. The van der Waals surface area contributed by atoms with Gasteiger partial charge in [0.1, 0.15) is 0 Å². The Morgan fingerprint density at radius 3 is 2.41 bits per heavy atom. The van der Waals surface area contributed by atoms with Crippen molar-refractivity contribution in [2.45, 2.75) is 32.4 Å². The normalized spacial score (nSPS) is 15.8. The predicted molar refractivity (Wildman–Crippen MR) is 70.6 cm³/mol. The number of sulfonamides is 1. The molecule has 0 aliphatic carbocycles. The number of ether oxygens (including phenoxy) is 1. The van der Waals surface area contributed by atoms with Crippen LogP contribution in [0, 0.1) is 5.92 Å². The van der Waals surface area contributed by atoms with Crippen LogP contribution in [0.4, 0.5) is 0 Å². The van der Waals surface area contributed by atoms with E-state index in [0.29, 0.717) is 19.7 Å². The van der Waals surface area contributed by atoms with Crippen molar-refractivity contribution in [3.8, 4) is 0 Å². The summed E-state index contributed by atoms with van der Waals surface area (Å²) in [5.41, 5.74) is 0. The molecule has 6 heteroatoms. The summed E-state index contributed by atoms with van der Waals surface area (Å²) in [4.78, 5) is 0. The van der Waals surface area contributed by atoms with Gasteiger partial charge in [-0.05, 0) is 25.8 Å². The van der Waals surface area contributed by atoms with Crippen molar-refractivity contribution in [1.82, 2.24) is 10.0 Å². The first kappa shape index (κ1) is 16.8. The van der Waals surface area contributed by atoms with Gasteiger partial charge in [0.25, 0.3) is 0 Å². The highest BCUT2D eigenvalue weighted by Crippen LogP contribution is 2.00. The second-order valence-electron chi connectivity index (χ2n) is 4.47. The maximum Gasteiger partial charge on any atom is 0.215 e. The zero-order valence-corrected chi connectivity index (χ0v) is 12.1. The maximum atomic E-state index is 11.8. The molecule has 0 aromatic rings. The minimum Gasteiger partial charge on any atom is -0.384 e. The molecule has 17 heavy (non-hydrogen) atoms. The van der Waals surface area contributed by atoms with Gasteiger partial charge >= 0.3 is 0 Å². The van der Waals surface area contributed by atoms with E-state index in [1.165, 1.54) is 0 Å². The molecule has 0 aromatic carbocycles. The van der Waals surface area contributed by atoms with E-state index in [-0.39, 0.29) is 5.92 Å². The van der Waals surface area contributed by atoms with E-state index < -0.39 is 15.3 Å². The Morgan fingerprint density at radius 2 is 1.88 bits per heavy atom. The monoisotopic (exact) mass is 266 g/mol. The molecule has 0 aromatic heterocycles. The minimum atomic E-state index is -3.22. The van der Waals surface area contributed by atoms with Gasteiger partial charge in [0.2, 0.25) is 10.0 Å². The lowest BCUT2D eigenvalue weighted by atomic mass is 10.2. The van der Waals surface area contributed by atoms with Gasteiger partial charge < -0.3 is 10.1 Å². The van der Waals surface area contributed by atoms with E-state index >= 15 is 0 Å². The molecule has 0 spiro atoms. The smallest absolute Gasteiger partial charge is 0.215 e. The molecule has 0 saturated carbocycles. The second kappa shape index (κ2) is 8.85. The van der Waals surface area contributed by atoms with Crippen LogP contribution < -0.4 is 10.0 Å². The molecule has 0 aliphatic rings.